The molecule has 4 heteroatoms. The average Bonchev–Trinajstić information content (AvgIpc) is 2.45. The van der Waals surface area contributed by atoms with Gasteiger partial charge in [0.05, 0.1) is 11.6 Å². The lowest BCUT2D eigenvalue weighted by atomic mass is 9.73. The number of nitrogens with one attached hydrogen (secondary N) is 1. The van der Waals surface area contributed by atoms with Gasteiger partial charge in [-0.25, -0.2) is 0 Å². The summed E-state index contributed by atoms with van der Waals surface area (Å²) in [5, 5.41) is 0. The summed E-state index contributed by atoms with van der Waals surface area (Å²) < 4.78 is 7.35. The van der Waals surface area contributed by atoms with Gasteiger partial charge in [-0.15, -0.1) is 0 Å². The Labute approximate surface area is 136 Å². The molecule has 21 heavy (non-hydrogen) atoms. The molecular formula is C17H27BrN2O. The molecular weight excluding hydrogens is 328 g/mol. The van der Waals surface area contributed by atoms with Crippen molar-refractivity contribution in [1.82, 2.24) is 5.43 Å². The van der Waals surface area contributed by atoms with Crippen molar-refractivity contribution < 1.29 is 4.74 Å². The van der Waals surface area contributed by atoms with Crippen molar-refractivity contribution in [2.45, 2.75) is 57.6 Å². The first-order valence-corrected chi connectivity index (χ1v) is 8.73. The predicted molar refractivity (Wildman–Crippen MR) is 90.9 cm³/mol. The molecule has 1 aliphatic carbocycles. The molecule has 1 fully saturated rings. The number of nitrogens with two attached hydrogens (primary N) is 1. The third-order valence-electron chi connectivity index (χ3n) is 4.59. The zero-order valence-electron chi connectivity index (χ0n) is 13.1. The molecule has 0 spiro atoms. The van der Waals surface area contributed by atoms with E-state index in [1.54, 1.807) is 0 Å². The summed E-state index contributed by atoms with van der Waals surface area (Å²) >= 11 is 3.54. The summed E-state index contributed by atoms with van der Waals surface area (Å²) in [5.74, 6) is 6.61. The van der Waals surface area contributed by atoms with Gasteiger partial charge in [0.2, 0.25) is 0 Å². The van der Waals surface area contributed by atoms with Gasteiger partial charge in [0.25, 0.3) is 0 Å². The fraction of sp³-hybridized carbons (Fsp3) is 0.647. The minimum atomic E-state index is -0.135. The van der Waals surface area contributed by atoms with Crippen molar-refractivity contribution in [3.05, 3.63) is 34.3 Å². The van der Waals surface area contributed by atoms with Crippen LogP contribution in [0.25, 0.3) is 0 Å². The van der Waals surface area contributed by atoms with Gasteiger partial charge in [0, 0.05) is 11.1 Å². The van der Waals surface area contributed by atoms with Crippen molar-refractivity contribution in [2.75, 3.05) is 6.61 Å². The highest BCUT2D eigenvalue weighted by Gasteiger charge is 2.42. The van der Waals surface area contributed by atoms with E-state index in [1.807, 2.05) is 0 Å². The SMILES string of the molecule is CCOC1(C(Cc2cccc(Br)c2)NN)CCCC(C)C1. The number of hydrogen-bond acceptors (Lipinski definition) is 3. The Morgan fingerprint density at radius 2 is 2.33 bits per heavy atom. The first kappa shape index (κ1) is 16.9. The van der Waals surface area contributed by atoms with Crippen molar-refractivity contribution in [2.24, 2.45) is 11.8 Å². The number of hydrogen-bond donors (Lipinski definition) is 2. The first-order valence-electron chi connectivity index (χ1n) is 7.94. The summed E-state index contributed by atoms with van der Waals surface area (Å²) in [6.45, 7) is 5.14. The minimum Gasteiger partial charge on any atom is -0.374 e. The van der Waals surface area contributed by atoms with Crippen LogP contribution < -0.4 is 11.3 Å². The van der Waals surface area contributed by atoms with E-state index in [0.717, 1.165) is 30.3 Å². The maximum atomic E-state index is 6.24. The third-order valence-corrected chi connectivity index (χ3v) is 5.08. The first-order chi connectivity index (χ1) is 10.1. The van der Waals surface area contributed by atoms with Gasteiger partial charge in [-0.1, -0.05) is 47.8 Å². The Morgan fingerprint density at radius 1 is 1.52 bits per heavy atom. The number of benzene rings is 1. The fourth-order valence-electron chi connectivity index (χ4n) is 3.68. The molecule has 0 aromatic heterocycles. The van der Waals surface area contributed by atoms with Crippen molar-refractivity contribution >= 4 is 15.9 Å². The highest BCUT2D eigenvalue weighted by molar-refractivity contribution is 9.10. The monoisotopic (exact) mass is 354 g/mol. The molecule has 0 bridgehead atoms. The Hall–Kier alpha value is -0.420. The zero-order valence-corrected chi connectivity index (χ0v) is 14.7. The molecule has 0 saturated heterocycles. The van der Waals surface area contributed by atoms with Crippen molar-refractivity contribution in [3.63, 3.8) is 0 Å². The van der Waals surface area contributed by atoms with E-state index in [4.69, 9.17) is 10.6 Å². The highest BCUT2D eigenvalue weighted by Crippen LogP contribution is 2.38. The van der Waals surface area contributed by atoms with Gasteiger partial charge in [-0.2, -0.15) is 0 Å². The maximum absolute atomic E-state index is 6.24. The van der Waals surface area contributed by atoms with Crippen LogP contribution >= 0.6 is 15.9 Å². The molecule has 2 rings (SSSR count). The van der Waals surface area contributed by atoms with Crippen LogP contribution in [0.1, 0.15) is 45.1 Å². The number of ether oxygens (including phenoxy) is 1. The molecule has 1 saturated carbocycles. The van der Waals surface area contributed by atoms with Crippen LogP contribution in [0.5, 0.6) is 0 Å². The van der Waals surface area contributed by atoms with Crippen LogP contribution in [-0.2, 0) is 11.2 Å². The molecule has 3 N–H and O–H groups in total. The number of halogens is 1. The Bertz CT molecular complexity index is 450. The molecule has 1 aromatic rings. The van der Waals surface area contributed by atoms with E-state index >= 15 is 0 Å². The molecule has 3 atom stereocenters. The molecule has 3 unspecified atom stereocenters. The molecule has 0 radical (unpaired) electrons. The topological polar surface area (TPSA) is 47.3 Å². The summed E-state index contributed by atoms with van der Waals surface area (Å²) in [7, 11) is 0. The number of hydrazine groups is 1. The third kappa shape index (κ3) is 4.28. The minimum absolute atomic E-state index is 0.135. The van der Waals surface area contributed by atoms with E-state index in [0.29, 0.717) is 5.92 Å². The molecule has 118 valence electrons. The normalized spacial score (nSPS) is 27.5. The van der Waals surface area contributed by atoms with E-state index < -0.39 is 0 Å². The summed E-state index contributed by atoms with van der Waals surface area (Å²) in [6.07, 6.45) is 5.58. The second-order valence-corrected chi connectivity index (χ2v) is 7.17. The van der Waals surface area contributed by atoms with Crippen LogP contribution in [0, 0.1) is 5.92 Å². The lowest BCUT2D eigenvalue weighted by Gasteiger charge is -2.45. The summed E-state index contributed by atoms with van der Waals surface area (Å²) in [5.41, 5.74) is 4.19. The average molecular weight is 355 g/mol. The molecule has 0 amide bonds. The van der Waals surface area contributed by atoms with E-state index in [9.17, 15) is 0 Å². The van der Waals surface area contributed by atoms with Gasteiger partial charge >= 0.3 is 0 Å². The van der Waals surface area contributed by atoms with Gasteiger partial charge in [0.1, 0.15) is 0 Å². The van der Waals surface area contributed by atoms with Gasteiger partial charge in [-0.05, 0) is 49.8 Å². The number of rotatable bonds is 6. The van der Waals surface area contributed by atoms with Crippen molar-refractivity contribution in [3.8, 4) is 0 Å². The quantitative estimate of drug-likeness (QED) is 0.603. The van der Waals surface area contributed by atoms with Crippen LogP contribution in [0.3, 0.4) is 0 Å². The van der Waals surface area contributed by atoms with Gasteiger partial charge in [-0.3, -0.25) is 11.3 Å². The smallest absolute Gasteiger partial charge is 0.0853 e. The van der Waals surface area contributed by atoms with E-state index in [1.165, 1.54) is 18.4 Å². The van der Waals surface area contributed by atoms with Crippen molar-refractivity contribution in [1.29, 1.82) is 0 Å². The maximum Gasteiger partial charge on any atom is 0.0853 e. The molecule has 0 heterocycles. The summed E-state index contributed by atoms with van der Waals surface area (Å²) in [6, 6.07) is 8.59. The lowest BCUT2D eigenvalue weighted by Crippen LogP contribution is -2.57. The molecule has 1 aliphatic rings. The Balaban J connectivity index is 2.19. The Kier molecular flexibility index (Phi) is 6.23. The van der Waals surface area contributed by atoms with Gasteiger partial charge in [0.15, 0.2) is 0 Å². The van der Waals surface area contributed by atoms with E-state index in [2.05, 4.69) is 59.5 Å². The molecule has 3 nitrogen and oxygen atoms in total. The second kappa shape index (κ2) is 7.73. The van der Waals surface area contributed by atoms with Crippen LogP contribution in [0.4, 0.5) is 0 Å². The molecule has 1 aromatic carbocycles. The largest absolute Gasteiger partial charge is 0.374 e. The standard InChI is InChI=1S/C17H27BrN2O/c1-3-21-17(9-5-6-13(2)12-17)16(20-19)11-14-7-4-8-15(18)10-14/h4,7-8,10,13,16,20H,3,5-6,9,11-12,19H2,1-2H3. The van der Waals surface area contributed by atoms with Crippen LogP contribution in [0.15, 0.2) is 28.7 Å². The summed E-state index contributed by atoms with van der Waals surface area (Å²) in [4.78, 5) is 0. The Morgan fingerprint density at radius 3 is 2.95 bits per heavy atom. The predicted octanol–water partition coefficient (Wildman–Crippen LogP) is 3.81. The highest BCUT2D eigenvalue weighted by atomic mass is 79.9. The zero-order chi connectivity index (χ0) is 15.3. The second-order valence-electron chi connectivity index (χ2n) is 6.25. The van der Waals surface area contributed by atoms with E-state index in [-0.39, 0.29) is 11.6 Å². The lowest BCUT2D eigenvalue weighted by molar-refractivity contribution is -0.100. The van der Waals surface area contributed by atoms with Gasteiger partial charge < -0.3 is 4.74 Å². The fourth-order valence-corrected chi connectivity index (χ4v) is 4.12. The van der Waals surface area contributed by atoms with Crippen LogP contribution in [0.2, 0.25) is 0 Å². The van der Waals surface area contributed by atoms with Crippen LogP contribution in [-0.4, -0.2) is 18.2 Å². The molecule has 0 aliphatic heterocycles.